The van der Waals surface area contributed by atoms with Gasteiger partial charge in [-0.3, -0.25) is 9.59 Å². The first-order chi connectivity index (χ1) is 12.8. The van der Waals surface area contributed by atoms with Crippen molar-refractivity contribution >= 4 is 17.5 Å². The van der Waals surface area contributed by atoms with Gasteiger partial charge in [0.1, 0.15) is 0 Å². The molecule has 0 aliphatic rings. The Hall–Kier alpha value is -2.66. The van der Waals surface area contributed by atoms with Crippen LogP contribution in [-0.2, 0) is 9.59 Å². The summed E-state index contributed by atoms with van der Waals surface area (Å²) in [6.45, 7) is 10.1. The summed E-state index contributed by atoms with van der Waals surface area (Å²) in [6.07, 6.45) is 0. The molecule has 3 N–H and O–H groups in total. The van der Waals surface area contributed by atoms with Crippen molar-refractivity contribution in [2.75, 3.05) is 18.4 Å². The molecule has 0 saturated heterocycles. The minimum absolute atomic E-state index is 0.0495. The smallest absolute Gasteiger partial charge is 0.243 e. The summed E-state index contributed by atoms with van der Waals surface area (Å²) >= 11 is 0. The number of para-hydroxylation sites is 1. The molecule has 5 nitrogen and oxygen atoms in total. The van der Waals surface area contributed by atoms with Gasteiger partial charge >= 0.3 is 0 Å². The lowest BCUT2D eigenvalue weighted by molar-refractivity contribution is -0.123. The molecule has 2 amide bonds. The monoisotopic (exact) mass is 367 g/mol. The zero-order chi connectivity index (χ0) is 20.0. The van der Waals surface area contributed by atoms with Crippen LogP contribution in [0.25, 0.3) is 0 Å². The van der Waals surface area contributed by atoms with Crippen LogP contribution >= 0.6 is 0 Å². The highest BCUT2D eigenvalue weighted by molar-refractivity contribution is 5.95. The Morgan fingerprint density at radius 2 is 1.56 bits per heavy atom. The van der Waals surface area contributed by atoms with Gasteiger partial charge in [0.05, 0.1) is 13.1 Å². The van der Waals surface area contributed by atoms with Crippen LogP contribution in [0.2, 0.25) is 0 Å². The van der Waals surface area contributed by atoms with Crippen molar-refractivity contribution < 1.29 is 9.59 Å². The number of carbonyl (C=O) groups excluding carboxylic acids is 2. The van der Waals surface area contributed by atoms with E-state index in [1.807, 2.05) is 39.0 Å². The van der Waals surface area contributed by atoms with Crippen LogP contribution in [0.5, 0.6) is 0 Å². The van der Waals surface area contributed by atoms with E-state index in [4.69, 9.17) is 0 Å². The van der Waals surface area contributed by atoms with Crippen molar-refractivity contribution in [2.24, 2.45) is 0 Å². The molecule has 0 saturated carbocycles. The van der Waals surface area contributed by atoms with Crippen LogP contribution in [-0.4, -0.2) is 24.9 Å². The number of nitrogens with one attached hydrogen (secondary N) is 3. The van der Waals surface area contributed by atoms with Crippen LogP contribution in [0.4, 0.5) is 5.69 Å². The van der Waals surface area contributed by atoms with Gasteiger partial charge in [-0.1, -0.05) is 42.0 Å². The molecule has 0 radical (unpaired) electrons. The maximum Gasteiger partial charge on any atom is 0.243 e. The third kappa shape index (κ3) is 5.93. The first-order valence-corrected chi connectivity index (χ1v) is 9.21. The van der Waals surface area contributed by atoms with E-state index in [1.165, 1.54) is 16.7 Å². The van der Waals surface area contributed by atoms with Gasteiger partial charge in [-0.2, -0.15) is 0 Å². The van der Waals surface area contributed by atoms with Crippen molar-refractivity contribution in [1.82, 2.24) is 10.6 Å². The van der Waals surface area contributed by atoms with Crippen LogP contribution in [0.15, 0.2) is 36.4 Å². The number of hydrogen-bond acceptors (Lipinski definition) is 3. The molecule has 0 spiro atoms. The normalized spacial score (nSPS) is 11.7. The van der Waals surface area contributed by atoms with Gasteiger partial charge in [-0.25, -0.2) is 0 Å². The van der Waals surface area contributed by atoms with E-state index in [-0.39, 0.29) is 30.9 Å². The van der Waals surface area contributed by atoms with Crippen LogP contribution < -0.4 is 16.0 Å². The Kier molecular flexibility index (Phi) is 7.13. The number of anilines is 1. The fourth-order valence-electron chi connectivity index (χ4n) is 3.02. The number of hydrogen-bond donors (Lipinski definition) is 3. The molecule has 0 fully saturated rings. The molecule has 144 valence electrons. The van der Waals surface area contributed by atoms with Crippen molar-refractivity contribution in [2.45, 2.75) is 40.7 Å². The number of aryl methyl sites for hydroxylation is 4. The number of carbonyl (C=O) groups is 2. The summed E-state index contributed by atoms with van der Waals surface area (Å²) in [4.78, 5) is 24.2. The largest absolute Gasteiger partial charge is 0.346 e. The predicted octanol–water partition coefficient (Wildman–Crippen LogP) is 3.33. The Labute approximate surface area is 161 Å². The molecule has 1 atom stereocenters. The van der Waals surface area contributed by atoms with E-state index < -0.39 is 0 Å². The van der Waals surface area contributed by atoms with Gasteiger partial charge in [0.25, 0.3) is 0 Å². The van der Waals surface area contributed by atoms with Gasteiger partial charge in [0.15, 0.2) is 0 Å². The fraction of sp³-hybridized carbons (Fsp3) is 0.364. The van der Waals surface area contributed by atoms with E-state index in [0.717, 1.165) is 16.8 Å². The van der Waals surface area contributed by atoms with E-state index in [9.17, 15) is 9.59 Å². The lowest BCUT2D eigenvalue weighted by atomic mass is 10.00. The topological polar surface area (TPSA) is 70.2 Å². The van der Waals surface area contributed by atoms with E-state index in [0.29, 0.717) is 0 Å². The molecule has 2 rings (SSSR count). The SMILES string of the molecule is Cc1ccc(C)c(C(C)NCC(=O)NCC(=O)Nc2c(C)cccc2C)c1. The molecule has 0 aliphatic heterocycles. The third-order valence-electron chi connectivity index (χ3n) is 4.66. The highest BCUT2D eigenvalue weighted by atomic mass is 16.2. The van der Waals surface area contributed by atoms with Crippen LogP contribution in [0.3, 0.4) is 0 Å². The number of amides is 2. The molecule has 2 aromatic carbocycles. The van der Waals surface area contributed by atoms with E-state index >= 15 is 0 Å². The number of rotatable bonds is 7. The van der Waals surface area contributed by atoms with Gasteiger partial charge in [0, 0.05) is 11.7 Å². The van der Waals surface area contributed by atoms with Crippen molar-refractivity contribution in [3.8, 4) is 0 Å². The molecular weight excluding hydrogens is 338 g/mol. The highest BCUT2D eigenvalue weighted by Crippen LogP contribution is 2.19. The summed E-state index contributed by atoms with van der Waals surface area (Å²) in [7, 11) is 0. The molecule has 0 heterocycles. The third-order valence-corrected chi connectivity index (χ3v) is 4.66. The van der Waals surface area contributed by atoms with Gasteiger partial charge in [-0.15, -0.1) is 0 Å². The number of benzene rings is 2. The first kappa shape index (κ1) is 20.6. The zero-order valence-electron chi connectivity index (χ0n) is 16.8. The highest BCUT2D eigenvalue weighted by Gasteiger charge is 2.12. The first-order valence-electron chi connectivity index (χ1n) is 9.21. The minimum atomic E-state index is -0.233. The van der Waals surface area contributed by atoms with Crippen LogP contribution in [0, 0.1) is 27.7 Å². The Bertz CT molecular complexity index is 810. The van der Waals surface area contributed by atoms with Crippen molar-refractivity contribution in [1.29, 1.82) is 0 Å². The molecule has 2 aromatic rings. The quantitative estimate of drug-likeness (QED) is 0.703. The van der Waals surface area contributed by atoms with Crippen LogP contribution in [0.1, 0.15) is 40.8 Å². The molecule has 0 aromatic heterocycles. The maximum atomic E-state index is 12.1. The summed E-state index contributed by atoms with van der Waals surface area (Å²) < 4.78 is 0. The summed E-state index contributed by atoms with van der Waals surface area (Å²) in [5, 5.41) is 8.74. The molecular formula is C22H29N3O2. The Balaban J connectivity index is 1.80. The Morgan fingerprint density at radius 3 is 2.22 bits per heavy atom. The standard InChI is InChI=1S/C22H29N3O2/c1-14-9-10-15(2)19(11-14)18(5)23-12-20(26)24-13-21(27)25-22-16(3)7-6-8-17(22)4/h6-11,18,23H,12-13H2,1-5H3,(H,24,26)(H,25,27). The van der Waals surface area contributed by atoms with Crippen molar-refractivity contribution in [3.63, 3.8) is 0 Å². The average molecular weight is 367 g/mol. The second-order valence-electron chi connectivity index (χ2n) is 7.05. The predicted molar refractivity (Wildman–Crippen MR) is 110 cm³/mol. The lowest BCUT2D eigenvalue weighted by Crippen LogP contribution is -2.39. The fourth-order valence-corrected chi connectivity index (χ4v) is 3.02. The lowest BCUT2D eigenvalue weighted by Gasteiger charge is -2.17. The molecule has 0 aliphatic carbocycles. The molecule has 1 unspecified atom stereocenters. The second-order valence-corrected chi connectivity index (χ2v) is 7.05. The van der Waals surface area contributed by atoms with Gasteiger partial charge < -0.3 is 16.0 Å². The average Bonchev–Trinajstić information content (AvgIpc) is 2.63. The molecule has 5 heteroatoms. The Morgan fingerprint density at radius 1 is 0.889 bits per heavy atom. The molecule has 27 heavy (non-hydrogen) atoms. The van der Waals surface area contributed by atoms with E-state index in [2.05, 4.69) is 48.0 Å². The molecule has 0 bridgehead atoms. The van der Waals surface area contributed by atoms with Crippen molar-refractivity contribution in [3.05, 3.63) is 64.2 Å². The minimum Gasteiger partial charge on any atom is -0.346 e. The van der Waals surface area contributed by atoms with Gasteiger partial charge in [0.2, 0.25) is 11.8 Å². The van der Waals surface area contributed by atoms with Gasteiger partial charge in [-0.05, 0) is 56.9 Å². The van der Waals surface area contributed by atoms with E-state index in [1.54, 1.807) is 0 Å². The summed E-state index contributed by atoms with van der Waals surface area (Å²) in [5.74, 6) is -0.438. The summed E-state index contributed by atoms with van der Waals surface area (Å²) in [6, 6.07) is 12.2. The summed E-state index contributed by atoms with van der Waals surface area (Å²) in [5.41, 5.74) is 6.36. The zero-order valence-corrected chi connectivity index (χ0v) is 16.8. The second kappa shape index (κ2) is 9.33. The maximum absolute atomic E-state index is 12.1.